The summed E-state index contributed by atoms with van der Waals surface area (Å²) in [6.07, 6.45) is 5.21. The molecule has 1 fully saturated rings. The predicted molar refractivity (Wildman–Crippen MR) is 109 cm³/mol. The van der Waals surface area contributed by atoms with Crippen molar-refractivity contribution in [2.24, 2.45) is 5.92 Å². The van der Waals surface area contributed by atoms with Crippen molar-refractivity contribution in [3.63, 3.8) is 0 Å². The van der Waals surface area contributed by atoms with Gasteiger partial charge in [0.2, 0.25) is 5.91 Å². The second kappa shape index (κ2) is 8.38. The first kappa shape index (κ1) is 18.4. The fourth-order valence-corrected chi connectivity index (χ4v) is 3.96. The number of hydrogen-bond acceptors (Lipinski definition) is 3. The van der Waals surface area contributed by atoms with E-state index < -0.39 is 0 Å². The number of hydrogen-bond donors (Lipinski definition) is 0. The van der Waals surface area contributed by atoms with Crippen molar-refractivity contribution < 1.29 is 4.79 Å². The van der Waals surface area contributed by atoms with E-state index in [0.29, 0.717) is 12.3 Å². The Hall–Kier alpha value is -2.95. The number of rotatable bonds is 5. The second-order valence-electron chi connectivity index (χ2n) is 7.65. The lowest BCUT2D eigenvalue weighted by molar-refractivity contribution is -0.131. The largest absolute Gasteiger partial charge is 0.342 e. The Morgan fingerprint density at radius 3 is 2.61 bits per heavy atom. The van der Waals surface area contributed by atoms with E-state index in [2.05, 4.69) is 46.0 Å². The SMILES string of the molecule is Cc1cccc(CC(=O)N2CCC(Cc3nncn3-c3ccccc3)CC2)c1. The van der Waals surface area contributed by atoms with Crippen molar-refractivity contribution in [2.75, 3.05) is 13.1 Å². The van der Waals surface area contributed by atoms with E-state index in [9.17, 15) is 4.79 Å². The minimum absolute atomic E-state index is 0.233. The Kier molecular flexibility index (Phi) is 5.51. The van der Waals surface area contributed by atoms with Crippen LogP contribution in [0.2, 0.25) is 0 Å². The Morgan fingerprint density at radius 1 is 1.07 bits per heavy atom. The molecule has 1 aliphatic heterocycles. The van der Waals surface area contributed by atoms with Crippen molar-refractivity contribution in [1.82, 2.24) is 19.7 Å². The van der Waals surface area contributed by atoms with E-state index in [4.69, 9.17) is 0 Å². The quantitative estimate of drug-likeness (QED) is 0.686. The molecule has 0 saturated carbocycles. The van der Waals surface area contributed by atoms with Gasteiger partial charge in [-0.3, -0.25) is 9.36 Å². The lowest BCUT2D eigenvalue weighted by Gasteiger charge is -2.32. The second-order valence-corrected chi connectivity index (χ2v) is 7.65. The van der Waals surface area contributed by atoms with Gasteiger partial charge in [0.05, 0.1) is 6.42 Å². The molecule has 4 rings (SSSR count). The van der Waals surface area contributed by atoms with Gasteiger partial charge in [-0.05, 0) is 43.4 Å². The average Bonchev–Trinajstić information content (AvgIpc) is 3.17. The van der Waals surface area contributed by atoms with Crippen LogP contribution < -0.4 is 0 Å². The Bertz CT molecular complexity index is 927. The highest BCUT2D eigenvalue weighted by atomic mass is 16.2. The molecule has 0 aliphatic carbocycles. The topological polar surface area (TPSA) is 51.0 Å². The summed E-state index contributed by atoms with van der Waals surface area (Å²) < 4.78 is 2.06. The average molecular weight is 374 g/mol. The number of carbonyl (C=O) groups is 1. The van der Waals surface area contributed by atoms with Crippen LogP contribution in [0.25, 0.3) is 5.69 Å². The van der Waals surface area contributed by atoms with Crippen LogP contribution in [-0.4, -0.2) is 38.7 Å². The maximum Gasteiger partial charge on any atom is 0.226 e. The van der Waals surface area contributed by atoms with E-state index in [1.54, 1.807) is 6.33 Å². The third kappa shape index (κ3) is 4.30. The van der Waals surface area contributed by atoms with Crippen LogP contribution in [0.5, 0.6) is 0 Å². The lowest BCUT2D eigenvalue weighted by Crippen LogP contribution is -2.39. The number of aryl methyl sites for hydroxylation is 1. The van der Waals surface area contributed by atoms with Gasteiger partial charge in [0.15, 0.2) is 0 Å². The molecule has 1 saturated heterocycles. The zero-order valence-corrected chi connectivity index (χ0v) is 16.3. The predicted octanol–water partition coefficient (Wildman–Crippen LogP) is 3.60. The molecule has 0 unspecified atom stereocenters. The number of carbonyl (C=O) groups excluding carboxylic acids is 1. The number of piperidine rings is 1. The fourth-order valence-electron chi connectivity index (χ4n) is 3.96. The number of para-hydroxylation sites is 1. The third-order valence-corrected chi connectivity index (χ3v) is 5.53. The van der Waals surface area contributed by atoms with Crippen LogP contribution >= 0.6 is 0 Å². The molecule has 2 heterocycles. The maximum absolute atomic E-state index is 12.6. The third-order valence-electron chi connectivity index (χ3n) is 5.53. The molecule has 0 atom stereocenters. The van der Waals surface area contributed by atoms with Crippen LogP contribution in [0.4, 0.5) is 0 Å². The summed E-state index contributed by atoms with van der Waals surface area (Å²) >= 11 is 0. The minimum Gasteiger partial charge on any atom is -0.342 e. The molecule has 0 spiro atoms. The van der Waals surface area contributed by atoms with Gasteiger partial charge in [0.1, 0.15) is 12.2 Å². The van der Waals surface area contributed by atoms with Crippen LogP contribution in [0.3, 0.4) is 0 Å². The van der Waals surface area contributed by atoms with Gasteiger partial charge in [0.25, 0.3) is 0 Å². The highest BCUT2D eigenvalue weighted by Crippen LogP contribution is 2.23. The first-order valence-electron chi connectivity index (χ1n) is 9.96. The Morgan fingerprint density at radius 2 is 1.86 bits per heavy atom. The van der Waals surface area contributed by atoms with Crippen LogP contribution in [0.1, 0.15) is 29.8 Å². The maximum atomic E-state index is 12.6. The summed E-state index contributed by atoms with van der Waals surface area (Å²) in [5.41, 5.74) is 3.39. The van der Waals surface area contributed by atoms with Crippen molar-refractivity contribution >= 4 is 5.91 Å². The van der Waals surface area contributed by atoms with Crippen LogP contribution in [0, 0.1) is 12.8 Å². The van der Waals surface area contributed by atoms with E-state index >= 15 is 0 Å². The number of aromatic nitrogens is 3. The molecule has 0 bridgehead atoms. The summed E-state index contributed by atoms with van der Waals surface area (Å²) in [6, 6.07) is 18.4. The van der Waals surface area contributed by atoms with Crippen molar-refractivity contribution in [1.29, 1.82) is 0 Å². The standard InChI is InChI=1S/C23H26N4O/c1-18-6-5-7-20(14-18)16-23(28)26-12-10-19(11-13-26)15-22-25-24-17-27(22)21-8-3-2-4-9-21/h2-9,14,17,19H,10-13,15-16H2,1H3. The van der Waals surface area contributed by atoms with E-state index in [1.807, 2.05) is 35.2 Å². The summed E-state index contributed by atoms with van der Waals surface area (Å²) in [4.78, 5) is 14.7. The normalized spacial score (nSPS) is 15.0. The van der Waals surface area contributed by atoms with Gasteiger partial charge >= 0.3 is 0 Å². The number of nitrogens with zero attached hydrogens (tertiary/aromatic N) is 4. The van der Waals surface area contributed by atoms with Crippen LogP contribution in [-0.2, 0) is 17.6 Å². The van der Waals surface area contributed by atoms with E-state index in [1.165, 1.54) is 5.56 Å². The summed E-state index contributed by atoms with van der Waals surface area (Å²) in [5, 5.41) is 8.45. The molecule has 3 aromatic rings. The Labute approximate surface area is 166 Å². The zero-order valence-electron chi connectivity index (χ0n) is 16.3. The zero-order chi connectivity index (χ0) is 19.3. The monoisotopic (exact) mass is 374 g/mol. The van der Waals surface area contributed by atoms with Crippen molar-refractivity contribution in [3.05, 3.63) is 77.9 Å². The Balaban J connectivity index is 1.33. The van der Waals surface area contributed by atoms with Gasteiger partial charge in [-0.1, -0.05) is 48.0 Å². The van der Waals surface area contributed by atoms with E-state index in [0.717, 1.165) is 49.4 Å². The molecule has 0 N–H and O–H groups in total. The first-order chi connectivity index (χ1) is 13.7. The summed E-state index contributed by atoms with van der Waals surface area (Å²) in [6.45, 7) is 3.72. The number of likely N-dealkylation sites (tertiary alicyclic amines) is 1. The molecule has 2 aromatic carbocycles. The summed E-state index contributed by atoms with van der Waals surface area (Å²) in [7, 11) is 0. The van der Waals surface area contributed by atoms with Crippen molar-refractivity contribution in [2.45, 2.75) is 32.6 Å². The lowest BCUT2D eigenvalue weighted by atomic mass is 9.92. The molecule has 5 heteroatoms. The van der Waals surface area contributed by atoms with Crippen LogP contribution in [0.15, 0.2) is 60.9 Å². The molecule has 1 amide bonds. The summed E-state index contributed by atoms with van der Waals surface area (Å²) in [5.74, 6) is 1.77. The van der Waals surface area contributed by atoms with Gasteiger partial charge in [-0.2, -0.15) is 0 Å². The molecular formula is C23H26N4O. The fraction of sp³-hybridized carbons (Fsp3) is 0.348. The van der Waals surface area contributed by atoms with Crippen molar-refractivity contribution in [3.8, 4) is 5.69 Å². The highest BCUT2D eigenvalue weighted by Gasteiger charge is 2.24. The smallest absolute Gasteiger partial charge is 0.226 e. The minimum atomic E-state index is 0.233. The molecule has 1 aromatic heterocycles. The molecule has 5 nitrogen and oxygen atoms in total. The molecule has 1 aliphatic rings. The molecule has 0 radical (unpaired) electrons. The molecule has 28 heavy (non-hydrogen) atoms. The molecule has 144 valence electrons. The van der Waals surface area contributed by atoms with Gasteiger partial charge < -0.3 is 4.90 Å². The van der Waals surface area contributed by atoms with E-state index in [-0.39, 0.29) is 5.91 Å². The van der Waals surface area contributed by atoms with Gasteiger partial charge in [-0.15, -0.1) is 10.2 Å². The number of amides is 1. The molecular weight excluding hydrogens is 348 g/mol. The number of benzene rings is 2. The van der Waals surface area contributed by atoms with Gasteiger partial charge in [0, 0.05) is 25.2 Å². The first-order valence-corrected chi connectivity index (χ1v) is 9.96. The highest BCUT2D eigenvalue weighted by molar-refractivity contribution is 5.78. The van der Waals surface area contributed by atoms with Gasteiger partial charge in [-0.25, -0.2) is 0 Å².